The summed E-state index contributed by atoms with van der Waals surface area (Å²) in [6, 6.07) is 8.84. The molecule has 1 aromatic carbocycles. The molecule has 0 spiro atoms. The van der Waals surface area contributed by atoms with Gasteiger partial charge in [0.15, 0.2) is 0 Å². The van der Waals surface area contributed by atoms with Gasteiger partial charge in [-0.25, -0.2) is 4.98 Å². The van der Waals surface area contributed by atoms with Gasteiger partial charge in [-0.05, 0) is 43.5 Å². The van der Waals surface area contributed by atoms with Crippen LogP contribution in [-0.4, -0.2) is 40.1 Å². The standard InChI is InChI=1S/C24H26N4O2/c1-14-9-16(3)27-24(29-4)22(14)17-5-6-19-20(10-17)25-11-18-12-26-28(23(18)19)21-7-8-30-13-15(21)2/h5-6,9-12,15,21H,7-8,13H2,1-4H3. The van der Waals surface area contributed by atoms with E-state index in [1.54, 1.807) is 7.11 Å². The molecule has 1 saturated heterocycles. The summed E-state index contributed by atoms with van der Waals surface area (Å²) in [6.45, 7) is 7.87. The van der Waals surface area contributed by atoms with Crippen molar-refractivity contribution in [3.05, 3.63) is 47.9 Å². The lowest BCUT2D eigenvalue weighted by Crippen LogP contribution is -2.28. The molecule has 6 heteroatoms. The average molecular weight is 402 g/mol. The molecule has 0 amide bonds. The lowest BCUT2D eigenvalue weighted by Gasteiger charge is -2.29. The highest BCUT2D eigenvalue weighted by molar-refractivity contribution is 6.04. The lowest BCUT2D eigenvalue weighted by molar-refractivity contribution is 0.0264. The van der Waals surface area contributed by atoms with Crippen LogP contribution in [0.15, 0.2) is 36.7 Å². The van der Waals surface area contributed by atoms with Crippen molar-refractivity contribution in [1.82, 2.24) is 19.7 Å². The van der Waals surface area contributed by atoms with E-state index in [4.69, 9.17) is 19.6 Å². The van der Waals surface area contributed by atoms with Gasteiger partial charge in [0.05, 0.1) is 37.0 Å². The summed E-state index contributed by atoms with van der Waals surface area (Å²) in [5, 5.41) is 6.93. The SMILES string of the molecule is COc1nc(C)cc(C)c1-c1ccc2c(c1)ncc1cnn(C3CCOCC3C)c12. The molecule has 5 rings (SSSR count). The van der Waals surface area contributed by atoms with Crippen LogP contribution >= 0.6 is 0 Å². The number of pyridine rings is 2. The number of hydrogen-bond donors (Lipinski definition) is 0. The molecule has 3 aromatic heterocycles. The number of ether oxygens (including phenoxy) is 2. The molecule has 1 aliphatic rings. The predicted octanol–water partition coefficient (Wildman–Crippen LogP) is 4.87. The van der Waals surface area contributed by atoms with Gasteiger partial charge < -0.3 is 9.47 Å². The van der Waals surface area contributed by atoms with E-state index in [0.717, 1.165) is 63.8 Å². The number of nitrogens with zero attached hydrogens (tertiary/aromatic N) is 4. The number of hydrogen-bond acceptors (Lipinski definition) is 5. The molecule has 1 aliphatic heterocycles. The van der Waals surface area contributed by atoms with Crippen molar-refractivity contribution in [1.29, 1.82) is 0 Å². The number of benzene rings is 1. The molecule has 2 atom stereocenters. The van der Waals surface area contributed by atoms with Gasteiger partial charge in [-0.2, -0.15) is 5.10 Å². The average Bonchev–Trinajstić information content (AvgIpc) is 3.17. The zero-order chi connectivity index (χ0) is 20.8. The second-order valence-electron chi connectivity index (χ2n) is 8.26. The largest absolute Gasteiger partial charge is 0.481 e. The summed E-state index contributed by atoms with van der Waals surface area (Å²) in [6.07, 6.45) is 4.83. The fraction of sp³-hybridized carbons (Fsp3) is 0.375. The fourth-order valence-electron chi connectivity index (χ4n) is 4.67. The number of methoxy groups -OCH3 is 1. The van der Waals surface area contributed by atoms with Gasteiger partial charge in [-0.15, -0.1) is 0 Å². The van der Waals surface area contributed by atoms with Gasteiger partial charge in [-0.1, -0.05) is 19.1 Å². The van der Waals surface area contributed by atoms with Crippen molar-refractivity contribution >= 4 is 21.8 Å². The molecule has 4 heterocycles. The summed E-state index contributed by atoms with van der Waals surface area (Å²) >= 11 is 0. The number of fused-ring (bicyclic) bond motifs is 3. The molecule has 154 valence electrons. The van der Waals surface area contributed by atoms with E-state index in [1.165, 1.54) is 0 Å². The first-order valence-corrected chi connectivity index (χ1v) is 10.4. The minimum absolute atomic E-state index is 0.338. The number of rotatable bonds is 3. The molecular formula is C24H26N4O2. The van der Waals surface area contributed by atoms with Crippen LogP contribution in [-0.2, 0) is 4.74 Å². The highest BCUT2D eigenvalue weighted by atomic mass is 16.5. The van der Waals surface area contributed by atoms with Gasteiger partial charge in [0, 0.05) is 40.8 Å². The second-order valence-corrected chi connectivity index (χ2v) is 8.26. The highest BCUT2D eigenvalue weighted by Crippen LogP contribution is 2.36. The van der Waals surface area contributed by atoms with E-state index in [0.29, 0.717) is 17.8 Å². The molecule has 0 N–H and O–H groups in total. The predicted molar refractivity (Wildman–Crippen MR) is 118 cm³/mol. The lowest BCUT2D eigenvalue weighted by atomic mass is 9.97. The molecule has 0 aliphatic carbocycles. The van der Waals surface area contributed by atoms with E-state index in [9.17, 15) is 0 Å². The Kier molecular flexibility index (Phi) is 4.66. The monoisotopic (exact) mass is 402 g/mol. The smallest absolute Gasteiger partial charge is 0.221 e. The van der Waals surface area contributed by atoms with Gasteiger partial charge in [0.25, 0.3) is 0 Å². The zero-order valence-corrected chi connectivity index (χ0v) is 17.8. The maximum absolute atomic E-state index is 5.64. The van der Waals surface area contributed by atoms with Gasteiger partial charge >= 0.3 is 0 Å². The van der Waals surface area contributed by atoms with Crippen molar-refractivity contribution in [2.24, 2.45) is 5.92 Å². The van der Waals surface area contributed by atoms with Crippen LogP contribution in [0.25, 0.3) is 32.9 Å². The van der Waals surface area contributed by atoms with E-state index in [1.807, 2.05) is 19.3 Å². The third-order valence-electron chi connectivity index (χ3n) is 6.12. The Balaban J connectivity index is 1.69. The topological polar surface area (TPSA) is 62.1 Å². The van der Waals surface area contributed by atoms with Gasteiger partial charge in [0.1, 0.15) is 0 Å². The summed E-state index contributed by atoms with van der Waals surface area (Å²) in [7, 11) is 1.67. The molecule has 4 aromatic rings. The van der Waals surface area contributed by atoms with Crippen molar-refractivity contribution in [2.75, 3.05) is 20.3 Å². The first kappa shape index (κ1) is 19.0. The normalized spacial score (nSPS) is 19.5. The van der Waals surface area contributed by atoms with Crippen LogP contribution in [0.4, 0.5) is 0 Å². The van der Waals surface area contributed by atoms with E-state index < -0.39 is 0 Å². The summed E-state index contributed by atoms with van der Waals surface area (Å²) < 4.78 is 13.4. The summed E-state index contributed by atoms with van der Waals surface area (Å²) in [5.41, 5.74) is 6.25. The maximum Gasteiger partial charge on any atom is 0.221 e. The Bertz CT molecular complexity index is 1250. The summed E-state index contributed by atoms with van der Waals surface area (Å²) in [4.78, 5) is 9.30. The molecular weight excluding hydrogens is 376 g/mol. The van der Waals surface area contributed by atoms with Crippen molar-refractivity contribution in [2.45, 2.75) is 33.2 Å². The van der Waals surface area contributed by atoms with Crippen LogP contribution in [0.1, 0.15) is 30.6 Å². The van der Waals surface area contributed by atoms with Crippen molar-refractivity contribution in [3.8, 4) is 17.0 Å². The Morgan fingerprint density at radius 3 is 2.83 bits per heavy atom. The minimum Gasteiger partial charge on any atom is -0.481 e. The van der Waals surface area contributed by atoms with Crippen molar-refractivity contribution < 1.29 is 9.47 Å². The van der Waals surface area contributed by atoms with Crippen LogP contribution in [0.3, 0.4) is 0 Å². The molecule has 0 saturated carbocycles. The van der Waals surface area contributed by atoms with E-state index in [-0.39, 0.29) is 0 Å². The molecule has 0 bridgehead atoms. The quantitative estimate of drug-likeness (QED) is 0.489. The van der Waals surface area contributed by atoms with Gasteiger partial charge in [-0.3, -0.25) is 9.67 Å². The Morgan fingerprint density at radius 2 is 2.03 bits per heavy atom. The van der Waals surface area contributed by atoms with Gasteiger partial charge in [0.2, 0.25) is 5.88 Å². The molecule has 1 fully saturated rings. The zero-order valence-electron chi connectivity index (χ0n) is 17.8. The highest BCUT2D eigenvalue weighted by Gasteiger charge is 2.26. The Hall–Kier alpha value is -2.99. The first-order chi connectivity index (χ1) is 14.6. The third-order valence-corrected chi connectivity index (χ3v) is 6.12. The molecule has 2 unspecified atom stereocenters. The van der Waals surface area contributed by atoms with E-state index in [2.05, 4.69) is 47.8 Å². The first-order valence-electron chi connectivity index (χ1n) is 10.4. The minimum atomic E-state index is 0.338. The van der Waals surface area contributed by atoms with E-state index >= 15 is 0 Å². The Morgan fingerprint density at radius 1 is 1.17 bits per heavy atom. The molecule has 0 radical (unpaired) electrons. The number of aryl methyl sites for hydroxylation is 2. The Labute approximate surface area is 175 Å². The molecule has 30 heavy (non-hydrogen) atoms. The van der Waals surface area contributed by atoms with Crippen LogP contribution in [0.2, 0.25) is 0 Å². The number of aromatic nitrogens is 4. The summed E-state index contributed by atoms with van der Waals surface area (Å²) in [5.74, 6) is 1.07. The van der Waals surface area contributed by atoms with Crippen LogP contribution in [0, 0.1) is 19.8 Å². The van der Waals surface area contributed by atoms with Crippen molar-refractivity contribution in [3.63, 3.8) is 0 Å². The third kappa shape index (κ3) is 3.03. The fourth-order valence-corrected chi connectivity index (χ4v) is 4.67. The van der Waals surface area contributed by atoms with Crippen LogP contribution < -0.4 is 4.74 Å². The molecule has 6 nitrogen and oxygen atoms in total. The maximum atomic E-state index is 5.64. The second kappa shape index (κ2) is 7.36. The van der Waals surface area contributed by atoms with Crippen LogP contribution in [0.5, 0.6) is 5.88 Å².